The van der Waals surface area contributed by atoms with Gasteiger partial charge in [-0.3, -0.25) is 4.90 Å². The van der Waals surface area contributed by atoms with Crippen molar-refractivity contribution in [2.75, 3.05) is 6.54 Å². The molecule has 1 atom stereocenters. The Bertz CT molecular complexity index is 420. The summed E-state index contributed by atoms with van der Waals surface area (Å²) in [6.07, 6.45) is 5.47. The van der Waals surface area contributed by atoms with Crippen molar-refractivity contribution in [2.45, 2.75) is 64.7 Å². The summed E-state index contributed by atoms with van der Waals surface area (Å²) in [5.41, 5.74) is 2.88. The summed E-state index contributed by atoms with van der Waals surface area (Å²) in [6.45, 7) is 8.14. The fourth-order valence-electron chi connectivity index (χ4n) is 3.35. The Hall–Kier alpha value is -0.860. The highest BCUT2D eigenvalue weighted by atomic mass is 15.2. The first-order valence-electron chi connectivity index (χ1n) is 8.27. The molecule has 1 saturated heterocycles. The van der Waals surface area contributed by atoms with Crippen LogP contribution in [-0.4, -0.2) is 23.5 Å². The first-order chi connectivity index (χ1) is 9.72. The van der Waals surface area contributed by atoms with Gasteiger partial charge in [0.05, 0.1) is 0 Å². The van der Waals surface area contributed by atoms with Gasteiger partial charge in [0.1, 0.15) is 0 Å². The zero-order valence-electron chi connectivity index (χ0n) is 12.9. The Kier molecular flexibility index (Phi) is 4.42. The second kappa shape index (κ2) is 6.28. The third-order valence-corrected chi connectivity index (χ3v) is 4.76. The van der Waals surface area contributed by atoms with Gasteiger partial charge in [-0.05, 0) is 49.3 Å². The zero-order chi connectivity index (χ0) is 13.9. The topological polar surface area (TPSA) is 15.3 Å². The molecule has 0 bridgehead atoms. The van der Waals surface area contributed by atoms with E-state index in [-0.39, 0.29) is 0 Å². The van der Waals surface area contributed by atoms with Gasteiger partial charge in [-0.1, -0.05) is 38.1 Å². The number of rotatable bonds is 6. The number of benzene rings is 1. The van der Waals surface area contributed by atoms with Crippen molar-refractivity contribution < 1.29 is 0 Å². The Morgan fingerprint density at radius 3 is 2.45 bits per heavy atom. The van der Waals surface area contributed by atoms with Crippen LogP contribution in [0.5, 0.6) is 0 Å². The molecule has 20 heavy (non-hydrogen) atoms. The average molecular weight is 272 g/mol. The van der Waals surface area contributed by atoms with E-state index in [0.717, 1.165) is 31.1 Å². The summed E-state index contributed by atoms with van der Waals surface area (Å²) in [7, 11) is 0. The molecule has 1 N–H and O–H groups in total. The molecule has 1 unspecified atom stereocenters. The molecule has 0 spiro atoms. The van der Waals surface area contributed by atoms with E-state index in [0.29, 0.717) is 0 Å². The van der Waals surface area contributed by atoms with Crippen LogP contribution in [0.4, 0.5) is 0 Å². The molecule has 1 heterocycles. The normalized spacial score (nSPS) is 23.6. The number of hydrogen-bond donors (Lipinski definition) is 1. The van der Waals surface area contributed by atoms with Gasteiger partial charge in [0.2, 0.25) is 0 Å². The molecule has 1 saturated carbocycles. The fourth-order valence-corrected chi connectivity index (χ4v) is 3.35. The lowest BCUT2D eigenvalue weighted by molar-refractivity contribution is 0.199. The van der Waals surface area contributed by atoms with Gasteiger partial charge in [-0.15, -0.1) is 0 Å². The van der Waals surface area contributed by atoms with E-state index in [1.165, 1.54) is 43.4 Å². The van der Waals surface area contributed by atoms with Crippen LogP contribution in [0.25, 0.3) is 0 Å². The highest BCUT2D eigenvalue weighted by molar-refractivity contribution is 5.22. The second-order valence-electron chi connectivity index (χ2n) is 6.90. The van der Waals surface area contributed by atoms with Crippen LogP contribution in [0.2, 0.25) is 0 Å². The Labute approximate surface area is 123 Å². The molecule has 0 aromatic heterocycles. The van der Waals surface area contributed by atoms with Crippen LogP contribution < -0.4 is 5.32 Å². The van der Waals surface area contributed by atoms with Gasteiger partial charge in [-0.25, -0.2) is 0 Å². The molecule has 1 aromatic carbocycles. The summed E-state index contributed by atoms with van der Waals surface area (Å²) in [4.78, 5) is 2.67. The molecule has 2 fully saturated rings. The predicted molar refractivity (Wildman–Crippen MR) is 84.6 cm³/mol. The van der Waals surface area contributed by atoms with Crippen LogP contribution in [0.15, 0.2) is 24.3 Å². The molecular weight excluding hydrogens is 244 g/mol. The van der Waals surface area contributed by atoms with Crippen molar-refractivity contribution in [1.82, 2.24) is 10.2 Å². The van der Waals surface area contributed by atoms with Crippen LogP contribution in [0.3, 0.4) is 0 Å². The molecule has 110 valence electrons. The molecule has 1 aromatic rings. The Morgan fingerprint density at radius 1 is 1.10 bits per heavy atom. The van der Waals surface area contributed by atoms with Gasteiger partial charge in [0.15, 0.2) is 0 Å². The first-order valence-corrected chi connectivity index (χ1v) is 8.27. The van der Waals surface area contributed by atoms with Crippen LogP contribution in [-0.2, 0) is 13.1 Å². The molecule has 2 aliphatic rings. The van der Waals surface area contributed by atoms with E-state index in [4.69, 9.17) is 0 Å². The molecule has 1 aliphatic heterocycles. The fraction of sp³-hybridized carbons (Fsp3) is 0.667. The van der Waals surface area contributed by atoms with Gasteiger partial charge in [0, 0.05) is 25.2 Å². The number of nitrogens with zero attached hydrogens (tertiary/aromatic N) is 1. The minimum Gasteiger partial charge on any atom is -0.310 e. The Morgan fingerprint density at radius 2 is 1.80 bits per heavy atom. The lowest BCUT2D eigenvalue weighted by atomic mass is 10.0. The van der Waals surface area contributed by atoms with Crippen LogP contribution >= 0.6 is 0 Å². The molecule has 1 aliphatic carbocycles. The molecule has 0 radical (unpaired) electrons. The average Bonchev–Trinajstić information content (AvgIpc) is 3.16. The van der Waals surface area contributed by atoms with Crippen molar-refractivity contribution in [3.8, 4) is 0 Å². The molecular formula is C18H28N2. The van der Waals surface area contributed by atoms with Gasteiger partial charge < -0.3 is 5.32 Å². The zero-order valence-corrected chi connectivity index (χ0v) is 12.9. The standard InChI is InChI=1S/C18H28N2/c1-14(2)18-4-3-11-20(18)13-16-7-5-15(6-8-16)12-19-17-9-10-17/h5-8,14,17-19H,3-4,9-13H2,1-2H3. The first kappa shape index (κ1) is 14.1. The predicted octanol–water partition coefficient (Wildman–Crippen LogP) is 3.56. The summed E-state index contributed by atoms with van der Waals surface area (Å²) < 4.78 is 0. The smallest absolute Gasteiger partial charge is 0.0236 e. The van der Waals surface area contributed by atoms with E-state index >= 15 is 0 Å². The van der Waals surface area contributed by atoms with E-state index < -0.39 is 0 Å². The van der Waals surface area contributed by atoms with Crippen molar-refractivity contribution in [2.24, 2.45) is 5.92 Å². The van der Waals surface area contributed by atoms with Crippen molar-refractivity contribution in [3.63, 3.8) is 0 Å². The highest BCUT2D eigenvalue weighted by Crippen LogP contribution is 2.25. The Balaban J connectivity index is 1.54. The van der Waals surface area contributed by atoms with Gasteiger partial charge in [-0.2, -0.15) is 0 Å². The summed E-state index contributed by atoms with van der Waals surface area (Å²) in [6, 6.07) is 10.8. The molecule has 0 amide bonds. The third-order valence-electron chi connectivity index (χ3n) is 4.76. The maximum atomic E-state index is 3.58. The van der Waals surface area contributed by atoms with Crippen LogP contribution in [0.1, 0.15) is 50.7 Å². The minimum absolute atomic E-state index is 0.777. The highest BCUT2D eigenvalue weighted by Gasteiger charge is 2.26. The lowest BCUT2D eigenvalue weighted by Gasteiger charge is -2.27. The van der Waals surface area contributed by atoms with Crippen molar-refractivity contribution >= 4 is 0 Å². The summed E-state index contributed by atoms with van der Waals surface area (Å²) in [5, 5.41) is 3.58. The number of nitrogens with one attached hydrogen (secondary N) is 1. The molecule has 2 heteroatoms. The quantitative estimate of drug-likeness (QED) is 0.852. The second-order valence-corrected chi connectivity index (χ2v) is 6.90. The maximum Gasteiger partial charge on any atom is 0.0236 e. The lowest BCUT2D eigenvalue weighted by Crippen LogP contribution is -2.32. The summed E-state index contributed by atoms with van der Waals surface area (Å²) in [5.74, 6) is 0.777. The number of hydrogen-bond acceptors (Lipinski definition) is 2. The maximum absolute atomic E-state index is 3.58. The summed E-state index contributed by atoms with van der Waals surface area (Å²) >= 11 is 0. The van der Waals surface area contributed by atoms with Gasteiger partial charge in [0.25, 0.3) is 0 Å². The van der Waals surface area contributed by atoms with E-state index in [9.17, 15) is 0 Å². The van der Waals surface area contributed by atoms with E-state index in [2.05, 4.69) is 48.3 Å². The van der Waals surface area contributed by atoms with Gasteiger partial charge >= 0.3 is 0 Å². The molecule has 2 nitrogen and oxygen atoms in total. The van der Waals surface area contributed by atoms with Crippen LogP contribution in [0, 0.1) is 5.92 Å². The minimum atomic E-state index is 0.777. The third kappa shape index (κ3) is 3.62. The van der Waals surface area contributed by atoms with E-state index in [1.807, 2.05) is 0 Å². The van der Waals surface area contributed by atoms with Crippen molar-refractivity contribution in [3.05, 3.63) is 35.4 Å². The van der Waals surface area contributed by atoms with E-state index in [1.54, 1.807) is 0 Å². The van der Waals surface area contributed by atoms with Crippen molar-refractivity contribution in [1.29, 1.82) is 0 Å². The monoisotopic (exact) mass is 272 g/mol. The largest absolute Gasteiger partial charge is 0.310 e. The molecule has 3 rings (SSSR count). The number of likely N-dealkylation sites (tertiary alicyclic amines) is 1. The SMILES string of the molecule is CC(C)C1CCCN1Cc1ccc(CNC2CC2)cc1.